The molecule has 2 aromatic carbocycles. The van der Waals surface area contributed by atoms with Crippen molar-refractivity contribution < 1.29 is 13.6 Å². The lowest BCUT2D eigenvalue weighted by molar-refractivity contribution is 0.207. The second-order valence-electron chi connectivity index (χ2n) is 6.11. The Balaban J connectivity index is 1.74. The molecule has 140 valence electrons. The molecule has 0 aliphatic heterocycles. The van der Waals surface area contributed by atoms with Crippen molar-refractivity contribution in [1.82, 2.24) is 10.2 Å². The van der Waals surface area contributed by atoms with Crippen molar-refractivity contribution in [1.29, 1.82) is 0 Å². The topological polar surface area (TPSA) is 35.6 Å². The first-order valence-electron chi connectivity index (χ1n) is 8.74. The third-order valence-electron chi connectivity index (χ3n) is 4.13. The van der Waals surface area contributed by atoms with Gasteiger partial charge in [-0.3, -0.25) is 0 Å². The van der Waals surface area contributed by atoms with Crippen LogP contribution in [0, 0.1) is 11.6 Å². The number of nitrogens with zero attached hydrogens (tertiary/aromatic N) is 2. The van der Waals surface area contributed by atoms with Gasteiger partial charge in [-0.05, 0) is 43.2 Å². The second kappa shape index (κ2) is 9.75. The third-order valence-corrected chi connectivity index (χ3v) is 4.13. The summed E-state index contributed by atoms with van der Waals surface area (Å²) in [6.45, 7) is 4.60. The Kier molecular flexibility index (Phi) is 7.38. The van der Waals surface area contributed by atoms with Crippen LogP contribution in [0.2, 0.25) is 0 Å². The van der Waals surface area contributed by atoms with E-state index in [2.05, 4.69) is 29.3 Å². The average molecular weight is 361 g/mol. The lowest BCUT2D eigenvalue weighted by Crippen LogP contribution is -2.38. The number of carbonyl (C=O) groups excluding carboxylic acids is 1. The highest BCUT2D eigenvalue weighted by Gasteiger charge is 2.11. The number of rotatable bonds is 8. The van der Waals surface area contributed by atoms with E-state index in [-0.39, 0.29) is 12.6 Å². The summed E-state index contributed by atoms with van der Waals surface area (Å²) in [4.78, 5) is 15.8. The van der Waals surface area contributed by atoms with E-state index in [9.17, 15) is 13.6 Å². The molecule has 0 fully saturated rings. The smallest absolute Gasteiger partial charge is 0.317 e. The van der Waals surface area contributed by atoms with Gasteiger partial charge in [-0.25, -0.2) is 13.6 Å². The van der Waals surface area contributed by atoms with E-state index in [0.29, 0.717) is 12.1 Å². The van der Waals surface area contributed by atoms with Crippen LogP contribution < -0.4 is 10.2 Å². The lowest BCUT2D eigenvalue weighted by atomic mass is 10.2. The van der Waals surface area contributed by atoms with Crippen LogP contribution in [0.3, 0.4) is 0 Å². The van der Waals surface area contributed by atoms with Gasteiger partial charge in [0, 0.05) is 38.9 Å². The van der Waals surface area contributed by atoms with E-state index in [0.717, 1.165) is 37.3 Å². The average Bonchev–Trinajstić information content (AvgIpc) is 2.65. The number of amides is 2. The maximum atomic E-state index is 13.2. The molecule has 0 aromatic heterocycles. The third kappa shape index (κ3) is 5.72. The molecule has 0 aliphatic carbocycles. The van der Waals surface area contributed by atoms with Gasteiger partial charge in [0.15, 0.2) is 11.6 Å². The van der Waals surface area contributed by atoms with Gasteiger partial charge in [-0.15, -0.1) is 0 Å². The molecule has 2 rings (SSSR count). The Morgan fingerprint density at radius 2 is 1.81 bits per heavy atom. The van der Waals surface area contributed by atoms with Gasteiger partial charge in [-0.2, -0.15) is 0 Å². The summed E-state index contributed by atoms with van der Waals surface area (Å²) in [6.07, 6.45) is 0.813. The van der Waals surface area contributed by atoms with Crippen molar-refractivity contribution in [3.63, 3.8) is 0 Å². The number of halogens is 2. The molecule has 0 bridgehead atoms. The summed E-state index contributed by atoms with van der Waals surface area (Å²) >= 11 is 0. The minimum absolute atomic E-state index is 0.216. The number of para-hydroxylation sites is 1. The zero-order valence-corrected chi connectivity index (χ0v) is 15.2. The zero-order chi connectivity index (χ0) is 18.9. The summed E-state index contributed by atoms with van der Waals surface area (Å²) in [5.74, 6) is -1.79. The Hall–Kier alpha value is -2.63. The number of urea groups is 1. The zero-order valence-electron chi connectivity index (χ0n) is 15.2. The highest BCUT2D eigenvalue weighted by molar-refractivity contribution is 5.73. The monoisotopic (exact) mass is 361 g/mol. The fourth-order valence-corrected chi connectivity index (χ4v) is 2.69. The number of hydrogen-bond donors (Lipinski definition) is 1. The first kappa shape index (κ1) is 19.7. The van der Waals surface area contributed by atoms with E-state index in [4.69, 9.17) is 0 Å². The van der Waals surface area contributed by atoms with Crippen LogP contribution >= 0.6 is 0 Å². The number of hydrogen-bond acceptors (Lipinski definition) is 2. The molecule has 2 aromatic rings. The van der Waals surface area contributed by atoms with Crippen LogP contribution in [-0.2, 0) is 6.54 Å². The van der Waals surface area contributed by atoms with E-state index < -0.39 is 11.6 Å². The van der Waals surface area contributed by atoms with Gasteiger partial charge in [0.1, 0.15) is 0 Å². The molecule has 2 amide bonds. The first-order chi connectivity index (χ1) is 12.5. The number of nitrogens with one attached hydrogen (secondary N) is 1. The van der Waals surface area contributed by atoms with Crippen LogP contribution in [0.1, 0.15) is 18.9 Å². The molecule has 0 atom stereocenters. The minimum Gasteiger partial charge on any atom is -0.372 e. The SMILES string of the molecule is CCN(CCCNC(=O)N(C)Cc1ccc(F)c(F)c1)c1ccccc1. The predicted octanol–water partition coefficient (Wildman–Crippen LogP) is 4.02. The van der Waals surface area contributed by atoms with Gasteiger partial charge < -0.3 is 15.1 Å². The maximum Gasteiger partial charge on any atom is 0.317 e. The van der Waals surface area contributed by atoms with Gasteiger partial charge in [0.05, 0.1) is 0 Å². The molecule has 0 aliphatic rings. The number of carbonyl (C=O) groups is 1. The van der Waals surface area contributed by atoms with Crippen LogP contribution in [0.15, 0.2) is 48.5 Å². The lowest BCUT2D eigenvalue weighted by Gasteiger charge is -2.23. The molecule has 1 N–H and O–H groups in total. The highest BCUT2D eigenvalue weighted by atomic mass is 19.2. The summed E-state index contributed by atoms with van der Waals surface area (Å²) in [6, 6.07) is 13.5. The maximum absolute atomic E-state index is 13.2. The Labute approximate surface area is 153 Å². The molecular formula is C20H25F2N3O. The quantitative estimate of drug-likeness (QED) is 0.721. The largest absolute Gasteiger partial charge is 0.372 e. The normalized spacial score (nSPS) is 10.5. The fraction of sp³-hybridized carbons (Fsp3) is 0.350. The number of anilines is 1. The Bertz CT molecular complexity index is 709. The second-order valence-corrected chi connectivity index (χ2v) is 6.11. The molecule has 6 heteroatoms. The molecule has 0 saturated heterocycles. The van der Waals surface area contributed by atoms with Gasteiger partial charge in [0.2, 0.25) is 0 Å². The minimum atomic E-state index is -0.906. The highest BCUT2D eigenvalue weighted by Crippen LogP contribution is 2.13. The van der Waals surface area contributed by atoms with Crippen LogP contribution in [0.4, 0.5) is 19.3 Å². The van der Waals surface area contributed by atoms with E-state index in [1.54, 1.807) is 7.05 Å². The summed E-state index contributed by atoms with van der Waals surface area (Å²) in [5, 5.41) is 2.85. The van der Waals surface area contributed by atoms with Crippen molar-refractivity contribution in [2.24, 2.45) is 0 Å². The molecule has 0 heterocycles. The van der Waals surface area contributed by atoms with Gasteiger partial charge >= 0.3 is 6.03 Å². The molecular weight excluding hydrogens is 336 g/mol. The van der Waals surface area contributed by atoms with Crippen LogP contribution in [0.5, 0.6) is 0 Å². The van der Waals surface area contributed by atoms with E-state index in [1.165, 1.54) is 11.0 Å². The molecule has 4 nitrogen and oxygen atoms in total. The summed E-state index contributed by atoms with van der Waals surface area (Å²) in [5.41, 5.74) is 1.71. The van der Waals surface area contributed by atoms with E-state index in [1.807, 2.05) is 18.2 Å². The Morgan fingerprint density at radius 3 is 2.46 bits per heavy atom. The van der Waals surface area contributed by atoms with Crippen molar-refractivity contribution in [3.8, 4) is 0 Å². The molecule has 26 heavy (non-hydrogen) atoms. The van der Waals surface area contributed by atoms with Crippen molar-refractivity contribution in [2.75, 3.05) is 31.6 Å². The van der Waals surface area contributed by atoms with Crippen molar-refractivity contribution in [3.05, 3.63) is 65.7 Å². The van der Waals surface area contributed by atoms with E-state index >= 15 is 0 Å². The van der Waals surface area contributed by atoms with Crippen LogP contribution in [-0.4, -0.2) is 37.6 Å². The van der Waals surface area contributed by atoms with Crippen molar-refractivity contribution >= 4 is 11.7 Å². The van der Waals surface area contributed by atoms with Crippen LogP contribution in [0.25, 0.3) is 0 Å². The predicted molar refractivity (Wildman–Crippen MR) is 100 cm³/mol. The summed E-state index contributed by atoms with van der Waals surface area (Å²) in [7, 11) is 1.62. The molecule has 0 unspecified atom stereocenters. The Morgan fingerprint density at radius 1 is 1.08 bits per heavy atom. The number of benzene rings is 2. The standard InChI is InChI=1S/C20H25F2N3O/c1-3-25(17-8-5-4-6-9-17)13-7-12-23-20(26)24(2)15-16-10-11-18(21)19(22)14-16/h4-6,8-11,14H,3,7,12-13,15H2,1-2H3,(H,23,26). The molecule has 0 spiro atoms. The van der Waals surface area contributed by atoms with Gasteiger partial charge in [-0.1, -0.05) is 24.3 Å². The molecule has 0 saturated carbocycles. The first-order valence-corrected chi connectivity index (χ1v) is 8.74. The van der Waals surface area contributed by atoms with Crippen molar-refractivity contribution in [2.45, 2.75) is 19.9 Å². The van der Waals surface area contributed by atoms with Gasteiger partial charge in [0.25, 0.3) is 0 Å². The fourth-order valence-electron chi connectivity index (χ4n) is 2.69. The summed E-state index contributed by atoms with van der Waals surface area (Å²) < 4.78 is 26.2. The molecule has 0 radical (unpaired) electrons.